The standard InChI is InChI=1S/C25H32F2N6O4/c1-6-8-9-11-19(35)33(24-30-21-18(26)12-17(13-28)20(27)22(21)31-24)15(3)37-25(36)32(5)23(29-4)16(14-34)10-7-2/h10,12,15,34H,6-9,11,14H2,1-5H3,(H,30,31)/b16-10-,29-23?. The number of hydrogen-bond acceptors (Lipinski definition) is 7. The maximum absolute atomic E-state index is 14.7. The normalized spacial score (nSPS) is 12.8. The number of nitriles is 1. The average molecular weight is 519 g/mol. The van der Waals surface area contributed by atoms with E-state index in [1.165, 1.54) is 21.0 Å². The molecule has 1 heterocycles. The molecule has 200 valence electrons. The van der Waals surface area contributed by atoms with E-state index < -0.39 is 40.9 Å². The zero-order valence-electron chi connectivity index (χ0n) is 21.6. The number of halogens is 2. The van der Waals surface area contributed by atoms with Crippen molar-refractivity contribution in [1.82, 2.24) is 14.9 Å². The molecule has 1 aromatic carbocycles. The maximum Gasteiger partial charge on any atom is 0.417 e. The number of hydrogen-bond donors (Lipinski definition) is 2. The second-order valence-electron chi connectivity index (χ2n) is 8.22. The molecule has 0 fully saturated rings. The molecule has 1 unspecified atom stereocenters. The van der Waals surface area contributed by atoms with Crippen LogP contribution in [0.3, 0.4) is 0 Å². The number of carbonyl (C=O) groups excluding carboxylic acids is 2. The number of rotatable bonds is 10. The van der Waals surface area contributed by atoms with Crippen LogP contribution in [0.25, 0.3) is 11.0 Å². The van der Waals surface area contributed by atoms with E-state index >= 15 is 0 Å². The van der Waals surface area contributed by atoms with Gasteiger partial charge in [-0.05, 0) is 25.8 Å². The Labute approximate surface area is 214 Å². The average Bonchev–Trinajstić information content (AvgIpc) is 3.31. The second-order valence-corrected chi connectivity index (χ2v) is 8.22. The second kappa shape index (κ2) is 13.5. The lowest BCUT2D eigenvalue weighted by molar-refractivity contribution is -0.120. The monoisotopic (exact) mass is 518 g/mol. The summed E-state index contributed by atoms with van der Waals surface area (Å²) in [6.07, 6.45) is 2.45. The fourth-order valence-corrected chi connectivity index (χ4v) is 3.77. The van der Waals surface area contributed by atoms with Gasteiger partial charge in [0.2, 0.25) is 11.9 Å². The molecule has 2 aromatic rings. The summed E-state index contributed by atoms with van der Waals surface area (Å²) in [5.74, 6) is -2.49. The van der Waals surface area contributed by atoms with E-state index in [1.807, 2.05) is 13.8 Å². The molecule has 10 nitrogen and oxygen atoms in total. The van der Waals surface area contributed by atoms with Crippen molar-refractivity contribution in [3.63, 3.8) is 0 Å². The minimum absolute atomic E-state index is 0.0760. The van der Waals surface area contributed by atoms with Crippen molar-refractivity contribution in [2.75, 3.05) is 25.6 Å². The molecule has 0 aliphatic carbocycles. The van der Waals surface area contributed by atoms with E-state index in [-0.39, 0.29) is 30.3 Å². The molecule has 0 bridgehead atoms. The summed E-state index contributed by atoms with van der Waals surface area (Å²) in [6.45, 7) is 4.91. The summed E-state index contributed by atoms with van der Waals surface area (Å²) in [4.78, 5) is 38.9. The van der Waals surface area contributed by atoms with Crippen molar-refractivity contribution in [3.8, 4) is 6.07 Å². The molecule has 2 N–H and O–H groups in total. The highest BCUT2D eigenvalue weighted by Gasteiger charge is 2.31. The molecular formula is C25H32F2N6O4. The molecule has 2 amide bonds. The number of amides is 2. The van der Waals surface area contributed by atoms with Gasteiger partial charge in [0.05, 0.1) is 12.2 Å². The highest BCUT2D eigenvalue weighted by molar-refractivity contribution is 6.06. The zero-order chi connectivity index (χ0) is 27.7. The minimum atomic E-state index is -1.24. The summed E-state index contributed by atoms with van der Waals surface area (Å²) in [7, 11) is 2.86. The number of unbranched alkanes of at least 4 members (excludes halogenated alkanes) is 2. The number of nitrogens with one attached hydrogen (secondary N) is 1. The van der Waals surface area contributed by atoms with Gasteiger partial charge in [-0.25, -0.2) is 23.5 Å². The first-order chi connectivity index (χ1) is 17.6. The number of aromatic nitrogens is 2. The predicted molar refractivity (Wildman–Crippen MR) is 135 cm³/mol. The van der Waals surface area contributed by atoms with Crippen LogP contribution >= 0.6 is 0 Å². The number of H-pyrrole nitrogens is 1. The number of anilines is 1. The van der Waals surface area contributed by atoms with Crippen LogP contribution < -0.4 is 4.90 Å². The molecule has 2 rings (SSSR count). The molecule has 0 radical (unpaired) electrons. The minimum Gasteiger partial charge on any atom is -0.425 e. The van der Waals surface area contributed by atoms with Crippen LogP contribution in [-0.2, 0) is 9.53 Å². The summed E-state index contributed by atoms with van der Waals surface area (Å²) < 4.78 is 34.7. The Hall–Kier alpha value is -3.85. The Bertz CT molecular complexity index is 1230. The predicted octanol–water partition coefficient (Wildman–Crippen LogP) is 4.40. The third-order valence-electron chi connectivity index (χ3n) is 5.60. The first-order valence-corrected chi connectivity index (χ1v) is 12.0. The van der Waals surface area contributed by atoms with Crippen molar-refractivity contribution in [3.05, 3.63) is 34.9 Å². The fourth-order valence-electron chi connectivity index (χ4n) is 3.77. The SMILES string of the molecule is CC/C=C(/CO)C(=NC)N(C)C(=O)OC(C)N(C(=O)CCCCC)c1nc2c(F)cc(C#N)c(F)c2[nH]1. The summed E-state index contributed by atoms with van der Waals surface area (Å²) >= 11 is 0. The number of aromatic amines is 1. The Morgan fingerprint density at radius 3 is 2.62 bits per heavy atom. The fraction of sp³-hybridized carbons (Fsp3) is 0.480. The van der Waals surface area contributed by atoms with E-state index in [2.05, 4.69) is 15.0 Å². The number of imidazole rings is 1. The molecular weight excluding hydrogens is 486 g/mol. The number of likely N-dealkylation sites (N-methyl/N-ethyl adjacent to an activating group) is 1. The van der Waals surface area contributed by atoms with Crippen LogP contribution in [-0.4, -0.2) is 64.7 Å². The number of aliphatic imine (C=N–C) groups is 1. The lowest BCUT2D eigenvalue weighted by Gasteiger charge is -2.29. The number of carbonyl (C=O) groups is 2. The molecule has 37 heavy (non-hydrogen) atoms. The van der Waals surface area contributed by atoms with Gasteiger partial charge in [0, 0.05) is 26.1 Å². The molecule has 1 aromatic heterocycles. The van der Waals surface area contributed by atoms with Crippen LogP contribution in [0.1, 0.15) is 58.4 Å². The number of fused-ring (bicyclic) bond motifs is 1. The lowest BCUT2D eigenvalue weighted by Crippen LogP contribution is -2.45. The van der Waals surface area contributed by atoms with Gasteiger partial charge in [0.25, 0.3) is 0 Å². The van der Waals surface area contributed by atoms with Crippen LogP contribution in [0.15, 0.2) is 22.7 Å². The van der Waals surface area contributed by atoms with Crippen LogP contribution in [0, 0.1) is 23.0 Å². The van der Waals surface area contributed by atoms with E-state index in [4.69, 9.17) is 10.00 Å². The number of benzene rings is 1. The van der Waals surface area contributed by atoms with Crippen molar-refractivity contribution in [2.24, 2.45) is 4.99 Å². The van der Waals surface area contributed by atoms with Crippen LogP contribution in [0.5, 0.6) is 0 Å². The Morgan fingerprint density at radius 1 is 1.35 bits per heavy atom. The van der Waals surface area contributed by atoms with Crippen molar-refractivity contribution in [1.29, 1.82) is 5.26 Å². The summed E-state index contributed by atoms with van der Waals surface area (Å²) in [5, 5.41) is 18.7. The highest BCUT2D eigenvalue weighted by Crippen LogP contribution is 2.27. The van der Waals surface area contributed by atoms with Gasteiger partial charge in [-0.1, -0.05) is 32.8 Å². The summed E-state index contributed by atoms with van der Waals surface area (Å²) in [6, 6.07) is 2.30. The van der Waals surface area contributed by atoms with Gasteiger partial charge in [0.1, 0.15) is 22.9 Å². The van der Waals surface area contributed by atoms with Gasteiger partial charge in [-0.15, -0.1) is 0 Å². The largest absolute Gasteiger partial charge is 0.425 e. The highest BCUT2D eigenvalue weighted by atomic mass is 19.1. The van der Waals surface area contributed by atoms with Crippen molar-refractivity contribution < 1.29 is 28.2 Å². The van der Waals surface area contributed by atoms with Gasteiger partial charge in [-0.3, -0.25) is 14.7 Å². The van der Waals surface area contributed by atoms with Gasteiger partial charge >= 0.3 is 6.09 Å². The first-order valence-electron chi connectivity index (χ1n) is 12.0. The number of allylic oxidation sites excluding steroid dienone is 1. The number of amidine groups is 1. The third-order valence-corrected chi connectivity index (χ3v) is 5.60. The number of nitrogens with zero attached hydrogens (tertiary/aromatic N) is 5. The molecule has 1 atom stereocenters. The van der Waals surface area contributed by atoms with Gasteiger partial charge < -0.3 is 14.8 Å². The molecule has 0 aliphatic heterocycles. The molecule has 12 heteroatoms. The van der Waals surface area contributed by atoms with E-state index in [0.29, 0.717) is 18.4 Å². The van der Waals surface area contributed by atoms with Crippen LogP contribution in [0.2, 0.25) is 0 Å². The van der Waals surface area contributed by atoms with E-state index in [9.17, 15) is 23.5 Å². The Kier molecular flexibility index (Phi) is 10.7. The topological polar surface area (TPSA) is 135 Å². The van der Waals surface area contributed by atoms with Crippen molar-refractivity contribution in [2.45, 2.75) is 59.1 Å². The van der Waals surface area contributed by atoms with Gasteiger partial charge in [0.15, 0.2) is 17.9 Å². The molecule has 0 aliphatic rings. The molecule has 0 saturated heterocycles. The number of aliphatic hydroxyl groups excluding tert-OH is 1. The Morgan fingerprint density at radius 2 is 2.05 bits per heavy atom. The molecule has 0 saturated carbocycles. The summed E-state index contributed by atoms with van der Waals surface area (Å²) in [5.41, 5.74) is -0.882. The number of ether oxygens (including phenoxy) is 1. The van der Waals surface area contributed by atoms with Crippen LogP contribution in [0.4, 0.5) is 19.5 Å². The Balaban J connectivity index is 2.45. The third kappa shape index (κ3) is 6.68. The van der Waals surface area contributed by atoms with E-state index in [0.717, 1.165) is 28.7 Å². The number of aliphatic hydroxyl groups is 1. The van der Waals surface area contributed by atoms with Crippen molar-refractivity contribution >= 4 is 34.8 Å². The quantitative estimate of drug-likeness (QED) is 0.207. The molecule has 0 spiro atoms. The first kappa shape index (κ1) is 29.4. The van der Waals surface area contributed by atoms with Gasteiger partial charge in [-0.2, -0.15) is 5.26 Å². The smallest absolute Gasteiger partial charge is 0.417 e. The lowest BCUT2D eigenvalue weighted by atomic mass is 10.2. The zero-order valence-corrected chi connectivity index (χ0v) is 21.6. The van der Waals surface area contributed by atoms with E-state index in [1.54, 1.807) is 12.1 Å². The maximum atomic E-state index is 14.7.